The van der Waals surface area contributed by atoms with Gasteiger partial charge in [-0.05, 0) is 41.3 Å². The van der Waals surface area contributed by atoms with Crippen molar-refractivity contribution in [3.05, 3.63) is 63.9 Å². The molecule has 4 heteroatoms. The molecule has 2 aliphatic rings. The number of benzene rings is 1. The van der Waals surface area contributed by atoms with E-state index in [9.17, 15) is 4.79 Å². The minimum Gasteiger partial charge on any atom is -0.345 e. The predicted molar refractivity (Wildman–Crippen MR) is 81.6 cm³/mol. The molecule has 106 valence electrons. The first-order valence-corrected chi connectivity index (χ1v) is 7.50. The molecule has 1 fully saturated rings. The molecule has 2 aromatic rings. The van der Waals surface area contributed by atoms with Crippen LogP contribution in [0.1, 0.15) is 34.2 Å². The SMILES string of the molecule is CN1CC2c3ccc(Cl)cc3Cc3cccnc3C2C1=O. The lowest BCUT2D eigenvalue weighted by Gasteiger charge is -2.16. The van der Waals surface area contributed by atoms with Crippen LogP contribution in [0, 0.1) is 0 Å². The van der Waals surface area contributed by atoms with Gasteiger partial charge in [0.15, 0.2) is 0 Å². The highest BCUT2D eigenvalue weighted by atomic mass is 35.5. The molecule has 0 saturated carbocycles. The first-order chi connectivity index (χ1) is 10.1. The third-order valence-corrected chi connectivity index (χ3v) is 4.86. The fourth-order valence-electron chi connectivity index (χ4n) is 3.66. The summed E-state index contributed by atoms with van der Waals surface area (Å²) in [5.74, 6) is 0.183. The average Bonchev–Trinajstić information content (AvgIpc) is 2.68. The molecule has 1 aliphatic heterocycles. The van der Waals surface area contributed by atoms with E-state index in [1.807, 2.05) is 30.1 Å². The first-order valence-electron chi connectivity index (χ1n) is 7.12. The summed E-state index contributed by atoms with van der Waals surface area (Å²) in [6.45, 7) is 0.744. The number of hydrogen-bond donors (Lipinski definition) is 0. The van der Waals surface area contributed by atoms with E-state index in [2.05, 4.69) is 17.1 Å². The van der Waals surface area contributed by atoms with Crippen molar-refractivity contribution in [3.8, 4) is 0 Å². The van der Waals surface area contributed by atoms with Gasteiger partial charge in [0, 0.05) is 30.7 Å². The number of carbonyl (C=O) groups excluding carboxylic acids is 1. The van der Waals surface area contributed by atoms with Crippen molar-refractivity contribution in [3.63, 3.8) is 0 Å². The second kappa shape index (κ2) is 4.57. The van der Waals surface area contributed by atoms with E-state index in [-0.39, 0.29) is 17.7 Å². The molecular weight excluding hydrogens is 284 g/mol. The van der Waals surface area contributed by atoms with E-state index < -0.39 is 0 Å². The fourth-order valence-corrected chi connectivity index (χ4v) is 3.85. The highest BCUT2D eigenvalue weighted by Crippen LogP contribution is 2.45. The molecule has 1 aromatic carbocycles. The van der Waals surface area contributed by atoms with Crippen molar-refractivity contribution < 1.29 is 4.79 Å². The van der Waals surface area contributed by atoms with Gasteiger partial charge in [-0.3, -0.25) is 9.78 Å². The third-order valence-electron chi connectivity index (χ3n) is 4.62. The maximum atomic E-state index is 12.6. The molecule has 3 nitrogen and oxygen atoms in total. The zero-order valence-corrected chi connectivity index (χ0v) is 12.5. The van der Waals surface area contributed by atoms with Gasteiger partial charge in [0.25, 0.3) is 0 Å². The van der Waals surface area contributed by atoms with Crippen molar-refractivity contribution in [1.29, 1.82) is 0 Å². The van der Waals surface area contributed by atoms with Crippen molar-refractivity contribution in [2.45, 2.75) is 18.3 Å². The number of hydrogen-bond acceptors (Lipinski definition) is 2. The van der Waals surface area contributed by atoms with E-state index in [0.29, 0.717) is 0 Å². The van der Waals surface area contributed by atoms with Gasteiger partial charge in [-0.25, -0.2) is 0 Å². The topological polar surface area (TPSA) is 33.2 Å². The zero-order valence-electron chi connectivity index (χ0n) is 11.7. The molecule has 21 heavy (non-hydrogen) atoms. The molecule has 0 spiro atoms. The van der Waals surface area contributed by atoms with Crippen LogP contribution in [0.25, 0.3) is 0 Å². The van der Waals surface area contributed by atoms with Crippen molar-refractivity contribution >= 4 is 17.5 Å². The van der Waals surface area contributed by atoms with Gasteiger partial charge in [-0.15, -0.1) is 0 Å². The van der Waals surface area contributed by atoms with Gasteiger partial charge < -0.3 is 4.90 Å². The largest absolute Gasteiger partial charge is 0.345 e. The van der Waals surface area contributed by atoms with Crippen LogP contribution < -0.4 is 0 Å². The van der Waals surface area contributed by atoms with E-state index in [4.69, 9.17) is 11.6 Å². The predicted octanol–water partition coefficient (Wildman–Crippen LogP) is 2.98. The summed E-state index contributed by atoms with van der Waals surface area (Å²) in [6.07, 6.45) is 2.58. The molecule has 4 rings (SSSR count). The van der Waals surface area contributed by atoms with Crippen molar-refractivity contribution in [2.75, 3.05) is 13.6 Å². The number of carbonyl (C=O) groups is 1. The van der Waals surface area contributed by atoms with Crippen molar-refractivity contribution in [2.24, 2.45) is 0 Å². The fraction of sp³-hybridized carbons (Fsp3) is 0.294. The Bertz CT molecular complexity index is 743. The molecule has 0 N–H and O–H groups in total. The molecule has 2 unspecified atom stereocenters. The lowest BCUT2D eigenvalue weighted by molar-refractivity contribution is -0.127. The molecule has 2 heterocycles. The Kier molecular flexibility index (Phi) is 2.79. The van der Waals surface area contributed by atoms with E-state index in [1.165, 1.54) is 11.1 Å². The lowest BCUT2D eigenvalue weighted by atomic mass is 9.86. The summed E-state index contributed by atoms with van der Waals surface area (Å²) in [5.41, 5.74) is 4.52. The Hall–Kier alpha value is -1.87. The maximum absolute atomic E-state index is 12.6. The molecule has 1 aliphatic carbocycles. The monoisotopic (exact) mass is 298 g/mol. The molecule has 1 aromatic heterocycles. The highest BCUT2D eigenvalue weighted by Gasteiger charge is 2.44. The highest BCUT2D eigenvalue weighted by molar-refractivity contribution is 6.30. The maximum Gasteiger partial charge on any atom is 0.232 e. The number of likely N-dealkylation sites (tertiary alicyclic amines) is 1. The zero-order chi connectivity index (χ0) is 14.6. The quantitative estimate of drug-likeness (QED) is 0.749. The van der Waals surface area contributed by atoms with Gasteiger partial charge >= 0.3 is 0 Å². The van der Waals surface area contributed by atoms with Gasteiger partial charge in [-0.1, -0.05) is 23.7 Å². The minimum atomic E-state index is -0.159. The molecular formula is C17H15ClN2O. The second-order valence-corrected chi connectivity index (χ2v) is 6.31. The number of nitrogens with zero attached hydrogens (tertiary/aromatic N) is 2. The number of likely N-dealkylation sites (N-methyl/N-ethyl adjacent to an activating group) is 1. The van der Waals surface area contributed by atoms with Crippen LogP contribution in [-0.4, -0.2) is 29.4 Å². The number of rotatable bonds is 0. The number of pyridine rings is 1. The molecule has 0 bridgehead atoms. The van der Waals surface area contributed by atoms with Crippen LogP contribution in [0.15, 0.2) is 36.5 Å². The van der Waals surface area contributed by atoms with Gasteiger partial charge in [0.1, 0.15) is 0 Å². The van der Waals surface area contributed by atoms with Gasteiger partial charge in [-0.2, -0.15) is 0 Å². The second-order valence-electron chi connectivity index (χ2n) is 5.87. The lowest BCUT2D eigenvalue weighted by Crippen LogP contribution is -2.22. The van der Waals surface area contributed by atoms with Crippen LogP contribution in [0.3, 0.4) is 0 Å². The van der Waals surface area contributed by atoms with Crippen LogP contribution in [0.5, 0.6) is 0 Å². The van der Waals surface area contributed by atoms with Crippen LogP contribution in [0.4, 0.5) is 0 Å². The van der Waals surface area contributed by atoms with Crippen molar-refractivity contribution in [1.82, 2.24) is 9.88 Å². The summed E-state index contributed by atoms with van der Waals surface area (Å²) < 4.78 is 0. The summed E-state index contributed by atoms with van der Waals surface area (Å²) in [4.78, 5) is 18.9. The number of amides is 1. The molecule has 2 atom stereocenters. The average molecular weight is 299 g/mol. The first kappa shape index (κ1) is 12.8. The van der Waals surface area contributed by atoms with E-state index in [1.54, 1.807) is 6.20 Å². The Morgan fingerprint density at radius 2 is 2.14 bits per heavy atom. The summed E-state index contributed by atoms with van der Waals surface area (Å²) in [5, 5.41) is 0.746. The van der Waals surface area contributed by atoms with Crippen LogP contribution in [0.2, 0.25) is 5.02 Å². The Labute approximate surface area is 128 Å². The summed E-state index contributed by atoms with van der Waals surface area (Å²) in [6, 6.07) is 10.0. The Balaban J connectivity index is 1.98. The Morgan fingerprint density at radius 3 is 3.00 bits per heavy atom. The Morgan fingerprint density at radius 1 is 1.29 bits per heavy atom. The van der Waals surface area contributed by atoms with Gasteiger partial charge in [0.05, 0.1) is 11.6 Å². The summed E-state index contributed by atoms with van der Waals surface area (Å²) >= 11 is 6.16. The smallest absolute Gasteiger partial charge is 0.232 e. The third kappa shape index (κ3) is 1.88. The molecule has 0 radical (unpaired) electrons. The molecule has 1 amide bonds. The normalized spacial score (nSPS) is 23.3. The van der Waals surface area contributed by atoms with Gasteiger partial charge in [0.2, 0.25) is 5.91 Å². The summed E-state index contributed by atoms with van der Waals surface area (Å²) in [7, 11) is 1.87. The standard InChI is InChI=1S/C17H15ClN2O/c1-20-9-14-13-5-4-12(18)8-11(13)7-10-3-2-6-19-16(10)15(14)17(20)21/h2-6,8,14-15H,7,9H2,1H3. The van der Waals surface area contributed by atoms with E-state index in [0.717, 1.165) is 29.2 Å². The van der Waals surface area contributed by atoms with E-state index >= 15 is 0 Å². The van der Waals surface area contributed by atoms with Crippen LogP contribution in [-0.2, 0) is 11.2 Å². The number of aromatic nitrogens is 1. The number of fused-ring (bicyclic) bond motifs is 5. The van der Waals surface area contributed by atoms with Crippen LogP contribution >= 0.6 is 11.6 Å². The number of halogens is 1. The molecule has 1 saturated heterocycles. The minimum absolute atomic E-state index is 0.159.